The van der Waals surface area contributed by atoms with Gasteiger partial charge in [-0.25, -0.2) is 4.21 Å². The highest BCUT2D eigenvalue weighted by molar-refractivity contribution is 7.93. The summed E-state index contributed by atoms with van der Waals surface area (Å²) >= 11 is 0. The van der Waals surface area contributed by atoms with Crippen LogP contribution < -0.4 is 0 Å². The van der Waals surface area contributed by atoms with E-state index in [2.05, 4.69) is 27.7 Å². The maximum atomic E-state index is 12.7. The smallest absolute Gasteiger partial charge is 0.0772 e. The van der Waals surface area contributed by atoms with Crippen LogP contribution in [0.5, 0.6) is 0 Å². The van der Waals surface area contributed by atoms with E-state index in [9.17, 15) is 4.21 Å². The van der Waals surface area contributed by atoms with Gasteiger partial charge in [0.05, 0.1) is 10.8 Å². The number of hydrogen-bond donors (Lipinski definition) is 0. The first-order valence-electron chi connectivity index (χ1n) is 7.57. The van der Waals surface area contributed by atoms with E-state index in [1.165, 1.54) is 21.0 Å². The molecule has 0 atom stereocenters. The molecule has 18 heavy (non-hydrogen) atoms. The quantitative estimate of drug-likeness (QED) is 0.571. The third-order valence-electron chi connectivity index (χ3n) is 3.44. The van der Waals surface area contributed by atoms with Gasteiger partial charge in [-0.2, -0.15) is 0 Å². The number of hydrogen-bond acceptors (Lipinski definition) is 1. The van der Waals surface area contributed by atoms with Gasteiger partial charge in [0.15, 0.2) is 0 Å². The summed E-state index contributed by atoms with van der Waals surface area (Å²) in [6.07, 6.45) is 8.79. The van der Waals surface area contributed by atoms with Crippen molar-refractivity contribution in [2.45, 2.75) is 79.1 Å². The standard InChI is InChI=1S/C16H28OS/c1-5-9-13-14(10-6-2)16(12-8-4)18(17)15(13)11-7-3/h5-12H2,1-4H3. The molecule has 1 heterocycles. The number of allylic oxidation sites excluding steroid dienone is 4. The maximum Gasteiger partial charge on any atom is 0.0772 e. The van der Waals surface area contributed by atoms with E-state index in [1.807, 2.05) is 0 Å². The molecule has 0 aromatic rings. The second kappa shape index (κ2) is 7.93. The monoisotopic (exact) mass is 268 g/mol. The SMILES string of the molecule is CCCC1=C(CCC)S(=O)C(CCC)=C1CCC. The zero-order valence-electron chi connectivity index (χ0n) is 12.5. The van der Waals surface area contributed by atoms with Gasteiger partial charge in [-0.05, 0) is 36.8 Å². The van der Waals surface area contributed by atoms with Crippen molar-refractivity contribution in [2.75, 3.05) is 0 Å². The summed E-state index contributed by atoms with van der Waals surface area (Å²) in [7, 11) is -0.802. The normalized spacial score (nSPS) is 17.1. The van der Waals surface area contributed by atoms with Gasteiger partial charge in [-0.15, -0.1) is 0 Å². The van der Waals surface area contributed by atoms with Gasteiger partial charge >= 0.3 is 0 Å². The Bertz CT molecular complexity index is 329. The molecule has 0 aromatic heterocycles. The molecule has 1 aliphatic heterocycles. The maximum absolute atomic E-state index is 12.7. The average molecular weight is 268 g/mol. The van der Waals surface area contributed by atoms with Crippen molar-refractivity contribution in [3.05, 3.63) is 21.0 Å². The molecule has 0 fully saturated rings. The van der Waals surface area contributed by atoms with Gasteiger partial charge in [0, 0.05) is 9.81 Å². The Morgan fingerprint density at radius 3 is 1.28 bits per heavy atom. The fraction of sp³-hybridized carbons (Fsp3) is 0.750. The Morgan fingerprint density at radius 2 is 1.00 bits per heavy atom. The predicted molar refractivity (Wildman–Crippen MR) is 81.8 cm³/mol. The summed E-state index contributed by atoms with van der Waals surface area (Å²) in [5.74, 6) is 0. The Hall–Kier alpha value is -0.370. The third-order valence-corrected chi connectivity index (χ3v) is 5.24. The van der Waals surface area contributed by atoms with E-state index in [-0.39, 0.29) is 0 Å². The highest BCUT2D eigenvalue weighted by Crippen LogP contribution is 2.41. The Labute approximate surface area is 115 Å². The third kappa shape index (κ3) is 3.34. The molecule has 0 bridgehead atoms. The molecule has 0 amide bonds. The van der Waals surface area contributed by atoms with Crippen LogP contribution in [0.2, 0.25) is 0 Å². The highest BCUT2D eigenvalue weighted by Gasteiger charge is 2.28. The minimum Gasteiger partial charge on any atom is -0.250 e. The van der Waals surface area contributed by atoms with E-state index >= 15 is 0 Å². The van der Waals surface area contributed by atoms with Crippen molar-refractivity contribution in [3.63, 3.8) is 0 Å². The molecule has 104 valence electrons. The molecular weight excluding hydrogens is 240 g/mol. The van der Waals surface area contributed by atoms with Crippen molar-refractivity contribution in [3.8, 4) is 0 Å². The molecule has 0 N–H and O–H groups in total. The Morgan fingerprint density at radius 1 is 0.667 bits per heavy atom. The van der Waals surface area contributed by atoms with Gasteiger partial charge in [0.25, 0.3) is 0 Å². The van der Waals surface area contributed by atoms with Crippen LogP contribution in [-0.4, -0.2) is 4.21 Å². The molecule has 0 saturated carbocycles. The number of rotatable bonds is 8. The predicted octanol–water partition coefficient (Wildman–Crippen LogP) is 5.46. The summed E-state index contributed by atoms with van der Waals surface area (Å²) in [6, 6.07) is 0. The summed E-state index contributed by atoms with van der Waals surface area (Å²) in [6.45, 7) is 8.82. The molecular formula is C16H28OS. The topological polar surface area (TPSA) is 17.1 Å². The van der Waals surface area contributed by atoms with Gasteiger partial charge in [-0.1, -0.05) is 53.4 Å². The van der Waals surface area contributed by atoms with Crippen LogP contribution in [0.1, 0.15) is 79.1 Å². The van der Waals surface area contributed by atoms with Gasteiger partial charge in [0.1, 0.15) is 0 Å². The molecule has 2 heteroatoms. The van der Waals surface area contributed by atoms with E-state index in [1.54, 1.807) is 0 Å². The molecule has 0 spiro atoms. The Balaban J connectivity index is 3.13. The highest BCUT2D eigenvalue weighted by atomic mass is 32.2. The van der Waals surface area contributed by atoms with Crippen LogP contribution in [0.3, 0.4) is 0 Å². The van der Waals surface area contributed by atoms with Gasteiger partial charge in [-0.3, -0.25) is 0 Å². The first kappa shape index (κ1) is 15.7. The fourth-order valence-electron chi connectivity index (χ4n) is 2.73. The molecule has 0 aromatic carbocycles. The van der Waals surface area contributed by atoms with Crippen molar-refractivity contribution < 1.29 is 4.21 Å². The largest absolute Gasteiger partial charge is 0.250 e. The molecule has 0 saturated heterocycles. The first-order valence-corrected chi connectivity index (χ1v) is 8.72. The van der Waals surface area contributed by atoms with Gasteiger partial charge < -0.3 is 0 Å². The summed E-state index contributed by atoms with van der Waals surface area (Å²) in [5.41, 5.74) is 2.92. The first-order chi connectivity index (χ1) is 8.71. The van der Waals surface area contributed by atoms with Crippen molar-refractivity contribution in [1.29, 1.82) is 0 Å². The van der Waals surface area contributed by atoms with Crippen LogP contribution in [0, 0.1) is 0 Å². The lowest BCUT2D eigenvalue weighted by Gasteiger charge is -2.09. The Kier molecular flexibility index (Phi) is 6.91. The van der Waals surface area contributed by atoms with E-state index in [4.69, 9.17) is 0 Å². The van der Waals surface area contributed by atoms with Crippen molar-refractivity contribution in [1.82, 2.24) is 0 Å². The second-order valence-electron chi connectivity index (χ2n) is 5.07. The van der Waals surface area contributed by atoms with Crippen LogP contribution in [0.25, 0.3) is 0 Å². The lowest BCUT2D eigenvalue weighted by Crippen LogP contribution is -1.95. The van der Waals surface area contributed by atoms with Crippen LogP contribution in [0.4, 0.5) is 0 Å². The second-order valence-corrected chi connectivity index (χ2v) is 6.60. The van der Waals surface area contributed by atoms with Crippen molar-refractivity contribution >= 4 is 10.8 Å². The molecule has 0 aliphatic carbocycles. The minimum atomic E-state index is -0.802. The summed E-state index contributed by atoms with van der Waals surface area (Å²) < 4.78 is 12.7. The average Bonchev–Trinajstić information content (AvgIpc) is 2.58. The lowest BCUT2D eigenvalue weighted by atomic mass is 9.95. The van der Waals surface area contributed by atoms with E-state index in [0.717, 1.165) is 51.4 Å². The van der Waals surface area contributed by atoms with Crippen LogP contribution in [0.15, 0.2) is 21.0 Å². The van der Waals surface area contributed by atoms with Gasteiger partial charge in [0.2, 0.25) is 0 Å². The van der Waals surface area contributed by atoms with Crippen molar-refractivity contribution in [2.24, 2.45) is 0 Å². The molecule has 1 aliphatic rings. The summed E-state index contributed by atoms with van der Waals surface area (Å²) in [5, 5.41) is 0. The lowest BCUT2D eigenvalue weighted by molar-refractivity contribution is 0.686. The molecule has 0 radical (unpaired) electrons. The van der Waals surface area contributed by atoms with Crippen LogP contribution in [-0.2, 0) is 10.8 Å². The molecule has 1 nitrogen and oxygen atoms in total. The zero-order chi connectivity index (χ0) is 13.5. The molecule has 1 rings (SSSR count). The molecule has 0 unspecified atom stereocenters. The van der Waals surface area contributed by atoms with E-state index < -0.39 is 10.8 Å². The van der Waals surface area contributed by atoms with Crippen LogP contribution >= 0.6 is 0 Å². The fourth-order valence-corrected chi connectivity index (χ4v) is 4.71. The minimum absolute atomic E-state index is 0.802. The zero-order valence-corrected chi connectivity index (χ0v) is 13.3. The summed E-state index contributed by atoms with van der Waals surface area (Å²) in [4.78, 5) is 2.51. The van der Waals surface area contributed by atoms with E-state index in [0.29, 0.717) is 0 Å².